The van der Waals surface area contributed by atoms with Crippen LogP contribution in [0.1, 0.15) is 76.7 Å². The number of hydrogen-bond donors (Lipinski definition) is 0. The Bertz CT molecular complexity index is 323. The average Bonchev–Trinajstić information content (AvgIpc) is 2.46. The third-order valence-corrected chi connectivity index (χ3v) is 3.76. The van der Waals surface area contributed by atoms with E-state index >= 15 is 0 Å². The van der Waals surface area contributed by atoms with Crippen LogP contribution in [0.25, 0.3) is 5.57 Å². The maximum Gasteiger partial charge on any atom is -0.0230 e. The normalized spacial score (nSPS) is 10.6. The van der Waals surface area contributed by atoms with Crippen LogP contribution >= 0.6 is 0 Å². The second-order valence-electron chi connectivity index (χ2n) is 5.55. The fourth-order valence-corrected chi connectivity index (χ4v) is 2.47. The quantitative estimate of drug-likeness (QED) is 0.391. The van der Waals surface area contributed by atoms with Gasteiger partial charge in [0.15, 0.2) is 0 Å². The Morgan fingerprint density at radius 2 is 1.32 bits per heavy atom. The lowest BCUT2D eigenvalue weighted by Gasteiger charge is -2.06. The molecule has 0 saturated heterocycles. The summed E-state index contributed by atoms with van der Waals surface area (Å²) < 4.78 is 0. The zero-order valence-corrected chi connectivity index (χ0v) is 12.7. The number of unbranched alkanes of at least 4 members (excludes halogenated alkanes) is 8. The molecule has 0 aliphatic carbocycles. The lowest BCUT2D eigenvalue weighted by molar-refractivity contribution is 0.567. The number of rotatable bonds is 11. The molecule has 0 N–H and O–H groups in total. The van der Waals surface area contributed by atoms with Gasteiger partial charge in [0.2, 0.25) is 0 Å². The van der Waals surface area contributed by atoms with Crippen molar-refractivity contribution >= 4 is 5.57 Å². The molecule has 0 bridgehead atoms. The summed E-state index contributed by atoms with van der Waals surface area (Å²) in [4.78, 5) is 0. The molecule has 1 aromatic rings. The molecule has 0 aliphatic heterocycles. The van der Waals surface area contributed by atoms with Gasteiger partial charge < -0.3 is 0 Å². The Hall–Kier alpha value is -1.04. The molecule has 0 heterocycles. The first-order chi connectivity index (χ1) is 9.34. The van der Waals surface area contributed by atoms with E-state index in [-0.39, 0.29) is 0 Å². The first-order valence-corrected chi connectivity index (χ1v) is 8.07. The van der Waals surface area contributed by atoms with Gasteiger partial charge in [-0.3, -0.25) is 0 Å². The van der Waals surface area contributed by atoms with Gasteiger partial charge in [-0.15, -0.1) is 0 Å². The summed E-state index contributed by atoms with van der Waals surface area (Å²) in [7, 11) is 0. The minimum Gasteiger partial charge on any atom is -0.0952 e. The summed E-state index contributed by atoms with van der Waals surface area (Å²) in [6.07, 6.45) is 13.7. The van der Waals surface area contributed by atoms with Crippen molar-refractivity contribution in [1.82, 2.24) is 0 Å². The molecular weight excluding hydrogens is 228 g/mol. The Labute approximate surface area is 119 Å². The molecule has 0 aliphatic rings. The van der Waals surface area contributed by atoms with Gasteiger partial charge in [0.25, 0.3) is 0 Å². The third kappa shape index (κ3) is 7.87. The zero-order valence-electron chi connectivity index (χ0n) is 12.7. The lowest BCUT2D eigenvalue weighted by Crippen LogP contribution is -1.85. The summed E-state index contributed by atoms with van der Waals surface area (Å²) in [5.74, 6) is 0. The molecule has 0 spiro atoms. The molecule has 0 saturated carbocycles. The molecular formula is C19H30. The van der Waals surface area contributed by atoms with E-state index in [0.717, 1.165) is 6.42 Å². The minimum absolute atomic E-state index is 1.15. The van der Waals surface area contributed by atoms with E-state index in [1.165, 1.54) is 68.9 Å². The molecule has 0 amide bonds. The van der Waals surface area contributed by atoms with E-state index in [4.69, 9.17) is 0 Å². The second kappa shape index (κ2) is 10.8. The van der Waals surface area contributed by atoms with Crippen LogP contribution in [0.4, 0.5) is 0 Å². The first kappa shape index (κ1) is 16.0. The first-order valence-electron chi connectivity index (χ1n) is 8.07. The van der Waals surface area contributed by atoms with E-state index in [9.17, 15) is 0 Å². The monoisotopic (exact) mass is 258 g/mol. The second-order valence-corrected chi connectivity index (χ2v) is 5.55. The van der Waals surface area contributed by atoms with Crippen LogP contribution < -0.4 is 0 Å². The van der Waals surface area contributed by atoms with Gasteiger partial charge in [-0.1, -0.05) is 95.2 Å². The van der Waals surface area contributed by atoms with Crippen molar-refractivity contribution in [2.45, 2.75) is 71.1 Å². The molecule has 0 atom stereocenters. The Balaban J connectivity index is 1.95. The molecule has 0 heteroatoms. The zero-order chi connectivity index (χ0) is 13.8. The van der Waals surface area contributed by atoms with Crippen LogP contribution in [0.15, 0.2) is 36.9 Å². The molecule has 0 fully saturated rings. The van der Waals surface area contributed by atoms with Crippen LogP contribution in [-0.2, 0) is 0 Å². The molecule has 0 radical (unpaired) electrons. The number of hydrogen-bond acceptors (Lipinski definition) is 0. The Kier molecular flexibility index (Phi) is 9.14. The Morgan fingerprint density at radius 1 is 0.789 bits per heavy atom. The highest BCUT2D eigenvalue weighted by Crippen LogP contribution is 2.19. The van der Waals surface area contributed by atoms with Crippen molar-refractivity contribution in [3.8, 4) is 0 Å². The van der Waals surface area contributed by atoms with Gasteiger partial charge >= 0.3 is 0 Å². The fourth-order valence-electron chi connectivity index (χ4n) is 2.47. The van der Waals surface area contributed by atoms with Gasteiger partial charge in [0.1, 0.15) is 0 Å². The molecule has 0 nitrogen and oxygen atoms in total. The van der Waals surface area contributed by atoms with E-state index in [1.54, 1.807) is 0 Å². The number of allylic oxidation sites excluding steroid dienone is 1. The fraction of sp³-hybridized carbons (Fsp3) is 0.579. The lowest BCUT2D eigenvalue weighted by atomic mass is 10.0. The standard InChI is InChI=1S/C19H30/c1-3-4-5-6-7-8-9-10-12-15-18(2)19-16-13-11-14-17-19/h11,13-14,16-17H,2-10,12,15H2,1H3. The summed E-state index contributed by atoms with van der Waals surface area (Å²) >= 11 is 0. The predicted octanol–water partition coefficient (Wildman–Crippen LogP) is 6.62. The van der Waals surface area contributed by atoms with Crippen molar-refractivity contribution in [1.29, 1.82) is 0 Å². The highest BCUT2D eigenvalue weighted by Gasteiger charge is 1.98. The molecule has 106 valence electrons. The summed E-state index contributed by atoms with van der Waals surface area (Å²) in [5, 5.41) is 0. The molecule has 0 unspecified atom stereocenters. The van der Waals surface area contributed by atoms with E-state index in [2.05, 4.69) is 43.8 Å². The number of benzene rings is 1. The molecule has 0 aromatic heterocycles. The van der Waals surface area contributed by atoms with Crippen molar-refractivity contribution in [3.63, 3.8) is 0 Å². The summed E-state index contributed by atoms with van der Waals surface area (Å²) in [6, 6.07) is 10.6. The molecule has 1 aromatic carbocycles. The highest BCUT2D eigenvalue weighted by molar-refractivity contribution is 5.62. The topological polar surface area (TPSA) is 0 Å². The summed E-state index contributed by atoms with van der Waals surface area (Å²) in [5.41, 5.74) is 2.60. The largest absolute Gasteiger partial charge is 0.0952 e. The minimum atomic E-state index is 1.15. The molecule has 1 rings (SSSR count). The van der Waals surface area contributed by atoms with E-state index < -0.39 is 0 Å². The summed E-state index contributed by atoms with van der Waals surface area (Å²) in [6.45, 7) is 6.47. The Morgan fingerprint density at radius 3 is 1.89 bits per heavy atom. The van der Waals surface area contributed by atoms with Crippen LogP contribution in [0.3, 0.4) is 0 Å². The van der Waals surface area contributed by atoms with Crippen molar-refractivity contribution in [3.05, 3.63) is 42.5 Å². The van der Waals surface area contributed by atoms with E-state index in [0.29, 0.717) is 0 Å². The average molecular weight is 258 g/mol. The van der Waals surface area contributed by atoms with E-state index in [1.807, 2.05) is 0 Å². The van der Waals surface area contributed by atoms with Crippen LogP contribution in [0, 0.1) is 0 Å². The van der Waals surface area contributed by atoms with Crippen molar-refractivity contribution in [2.24, 2.45) is 0 Å². The van der Waals surface area contributed by atoms with Crippen LogP contribution in [0.2, 0.25) is 0 Å². The smallest absolute Gasteiger partial charge is 0.0230 e. The van der Waals surface area contributed by atoms with Crippen molar-refractivity contribution in [2.75, 3.05) is 0 Å². The van der Waals surface area contributed by atoms with Gasteiger partial charge in [0.05, 0.1) is 0 Å². The third-order valence-electron chi connectivity index (χ3n) is 3.76. The van der Waals surface area contributed by atoms with Gasteiger partial charge in [-0.25, -0.2) is 0 Å². The maximum atomic E-state index is 4.19. The molecule has 19 heavy (non-hydrogen) atoms. The van der Waals surface area contributed by atoms with Gasteiger partial charge in [-0.2, -0.15) is 0 Å². The highest BCUT2D eigenvalue weighted by atomic mass is 14.0. The van der Waals surface area contributed by atoms with Gasteiger partial charge in [0, 0.05) is 0 Å². The van der Waals surface area contributed by atoms with Gasteiger partial charge in [-0.05, 0) is 24.0 Å². The van der Waals surface area contributed by atoms with Crippen LogP contribution in [0.5, 0.6) is 0 Å². The predicted molar refractivity (Wildman–Crippen MR) is 87.3 cm³/mol. The maximum absolute atomic E-state index is 4.19. The van der Waals surface area contributed by atoms with Crippen molar-refractivity contribution < 1.29 is 0 Å². The van der Waals surface area contributed by atoms with Crippen LogP contribution in [-0.4, -0.2) is 0 Å². The SMILES string of the molecule is C=C(CCCCCCCCCCC)c1ccccc1.